The first-order valence-electron chi connectivity index (χ1n) is 5.17. The first-order valence-corrected chi connectivity index (χ1v) is 5.55. The lowest BCUT2D eigenvalue weighted by molar-refractivity contribution is 0.414. The number of hydrogen-bond donors (Lipinski definition) is 2. The molecule has 0 fully saturated rings. The summed E-state index contributed by atoms with van der Waals surface area (Å²) >= 11 is 5.70. The Kier molecular flexibility index (Phi) is 3.47. The van der Waals surface area contributed by atoms with Crippen molar-refractivity contribution < 1.29 is 4.74 Å². The minimum Gasteiger partial charge on any atom is -0.497 e. The molecular weight excluding hydrogens is 254 g/mol. The van der Waals surface area contributed by atoms with E-state index < -0.39 is 0 Å². The van der Waals surface area contributed by atoms with Gasteiger partial charge in [-0.05, 0) is 42.3 Å². The van der Waals surface area contributed by atoms with Crippen molar-refractivity contribution in [2.75, 3.05) is 18.2 Å². The number of benzene rings is 1. The fraction of sp³-hybridized carbons (Fsp3) is 0.182. The Morgan fingerprint density at radius 3 is 2.67 bits per heavy atom. The van der Waals surface area contributed by atoms with Gasteiger partial charge >= 0.3 is 0 Å². The van der Waals surface area contributed by atoms with Gasteiger partial charge in [-0.3, -0.25) is 0 Å². The molecule has 1 aromatic heterocycles. The number of nitrogens with zero attached hydrogens (tertiary/aromatic N) is 3. The zero-order valence-corrected chi connectivity index (χ0v) is 10.7. The summed E-state index contributed by atoms with van der Waals surface area (Å²) in [6.45, 7) is 1.94. The molecule has 7 heteroatoms. The molecule has 0 radical (unpaired) electrons. The molecule has 1 heterocycles. The van der Waals surface area contributed by atoms with Crippen molar-refractivity contribution in [2.45, 2.75) is 6.92 Å². The summed E-state index contributed by atoms with van der Waals surface area (Å²) in [4.78, 5) is 11.6. The number of aromatic nitrogens is 3. The predicted octanol–water partition coefficient (Wildman–Crippen LogP) is 2.17. The summed E-state index contributed by atoms with van der Waals surface area (Å²) in [7, 11) is 1.62. The van der Waals surface area contributed by atoms with E-state index in [1.165, 1.54) is 0 Å². The van der Waals surface area contributed by atoms with E-state index in [1.807, 2.05) is 25.1 Å². The van der Waals surface area contributed by atoms with Crippen LogP contribution >= 0.6 is 11.6 Å². The third-order valence-corrected chi connectivity index (χ3v) is 2.47. The topological polar surface area (TPSA) is 86.0 Å². The van der Waals surface area contributed by atoms with Gasteiger partial charge in [0.2, 0.25) is 17.2 Å². The zero-order valence-electron chi connectivity index (χ0n) is 9.94. The minimum atomic E-state index is 0.0520. The van der Waals surface area contributed by atoms with E-state index in [4.69, 9.17) is 22.1 Å². The highest BCUT2D eigenvalue weighted by Crippen LogP contribution is 2.23. The number of nitrogens with two attached hydrogens (primary N) is 1. The Balaban J connectivity index is 2.28. The number of halogens is 1. The summed E-state index contributed by atoms with van der Waals surface area (Å²) in [5.74, 6) is 1.16. The summed E-state index contributed by atoms with van der Waals surface area (Å²) in [5.41, 5.74) is 7.33. The van der Waals surface area contributed by atoms with E-state index in [1.54, 1.807) is 7.11 Å². The van der Waals surface area contributed by atoms with E-state index in [0.29, 0.717) is 5.95 Å². The lowest BCUT2D eigenvalue weighted by atomic mass is 10.2. The maximum Gasteiger partial charge on any atom is 0.233 e. The zero-order chi connectivity index (χ0) is 13.1. The van der Waals surface area contributed by atoms with Gasteiger partial charge in [0.1, 0.15) is 5.75 Å². The van der Waals surface area contributed by atoms with Crippen LogP contribution in [0.15, 0.2) is 18.2 Å². The number of nitrogen functional groups attached to an aromatic ring is 1. The molecule has 0 aliphatic heterocycles. The number of nitrogens with one attached hydrogen (secondary N) is 1. The van der Waals surface area contributed by atoms with Crippen LogP contribution in [0.4, 0.5) is 17.6 Å². The molecule has 2 aromatic rings. The summed E-state index contributed by atoms with van der Waals surface area (Å²) in [5, 5.41) is 3.07. The number of aryl methyl sites for hydroxylation is 1. The van der Waals surface area contributed by atoms with Crippen molar-refractivity contribution in [3.8, 4) is 5.75 Å². The van der Waals surface area contributed by atoms with Crippen LogP contribution in [0.3, 0.4) is 0 Å². The largest absolute Gasteiger partial charge is 0.497 e. The van der Waals surface area contributed by atoms with Gasteiger partial charge in [-0.25, -0.2) is 0 Å². The van der Waals surface area contributed by atoms with Crippen LogP contribution in [0.1, 0.15) is 5.56 Å². The molecule has 6 nitrogen and oxygen atoms in total. The van der Waals surface area contributed by atoms with Gasteiger partial charge in [0.15, 0.2) is 0 Å². The second-order valence-corrected chi connectivity index (χ2v) is 3.93. The average Bonchev–Trinajstić information content (AvgIpc) is 2.30. The fourth-order valence-corrected chi connectivity index (χ4v) is 1.61. The molecule has 0 aliphatic carbocycles. The van der Waals surface area contributed by atoms with Crippen LogP contribution in [0.25, 0.3) is 0 Å². The molecule has 0 saturated carbocycles. The van der Waals surface area contributed by atoms with Crippen LogP contribution in [0.2, 0.25) is 5.28 Å². The van der Waals surface area contributed by atoms with E-state index in [2.05, 4.69) is 20.3 Å². The molecule has 1 aromatic carbocycles. The monoisotopic (exact) mass is 265 g/mol. The van der Waals surface area contributed by atoms with Gasteiger partial charge < -0.3 is 15.8 Å². The van der Waals surface area contributed by atoms with Crippen molar-refractivity contribution in [1.29, 1.82) is 0 Å². The van der Waals surface area contributed by atoms with E-state index in [-0.39, 0.29) is 11.2 Å². The molecule has 0 spiro atoms. The highest BCUT2D eigenvalue weighted by Gasteiger charge is 2.05. The average molecular weight is 266 g/mol. The molecule has 3 N–H and O–H groups in total. The molecule has 2 rings (SSSR count). The lowest BCUT2D eigenvalue weighted by Crippen LogP contribution is -2.04. The maximum absolute atomic E-state index is 5.70. The maximum atomic E-state index is 5.70. The first kappa shape index (κ1) is 12.4. The first-order chi connectivity index (χ1) is 8.58. The standard InChI is InChI=1S/C11H12ClN5O/c1-6-5-7(18-2)3-4-8(6)14-11-16-9(12)15-10(13)17-11/h3-5H,1-2H3,(H3,13,14,15,16,17). The van der Waals surface area contributed by atoms with Gasteiger partial charge in [-0.15, -0.1) is 0 Å². The van der Waals surface area contributed by atoms with Crippen LogP contribution in [-0.2, 0) is 0 Å². The number of hydrogen-bond acceptors (Lipinski definition) is 6. The van der Waals surface area contributed by atoms with Gasteiger partial charge in [0.05, 0.1) is 7.11 Å². The van der Waals surface area contributed by atoms with Crippen LogP contribution in [-0.4, -0.2) is 22.1 Å². The molecular formula is C11H12ClN5O. The molecule has 0 aliphatic rings. The van der Waals surface area contributed by atoms with Crippen molar-refractivity contribution in [1.82, 2.24) is 15.0 Å². The molecule has 94 valence electrons. The molecule has 0 amide bonds. The van der Waals surface area contributed by atoms with E-state index >= 15 is 0 Å². The van der Waals surface area contributed by atoms with Gasteiger partial charge in [-0.2, -0.15) is 15.0 Å². The van der Waals surface area contributed by atoms with Crippen molar-refractivity contribution in [3.05, 3.63) is 29.0 Å². The number of rotatable bonds is 3. The Morgan fingerprint density at radius 2 is 2.06 bits per heavy atom. The third-order valence-electron chi connectivity index (χ3n) is 2.31. The normalized spacial score (nSPS) is 10.2. The molecule has 0 atom stereocenters. The third kappa shape index (κ3) is 2.78. The number of ether oxygens (including phenoxy) is 1. The van der Waals surface area contributed by atoms with E-state index in [9.17, 15) is 0 Å². The molecule has 0 unspecified atom stereocenters. The summed E-state index contributed by atoms with van der Waals surface area (Å²) in [6.07, 6.45) is 0. The highest BCUT2D eigenvalue weighted by molar-refractivity contribution is 6.28. The Labute approximate surface area is 109 Å². The second-order valence-electron chi connectivity index (χ2n) is 3.59. The van der Waals surface area contributed by atoms with Gasteiger partial charge in [-0.1, -0.05) is 0 Å². The smallest absolute Gasteiger partial charge is 0.233 e. The number of methoxy groups -OCH3 is 1. The van der Waals surface area contributed by atoms with Crippen molar-refractivity contribution >= 4 is 29.2 Å². The fourth-order valence-electron chi connectivity index (χ4n) is 1.45. The highest BCUT2D eigenvalue weighted by atomic mass is 35.5. The van der Waals surface area contributed by atoms with Crippen molar-refractivity contribution in [2.24, 2.45) is 0 Å². The van der Waals surface area contributed by atoms with Crippen LogP contribution in [0.5, 0.6) is 5.75 Å². The second kappa shape index (κ2) is 5.05. The van der Waals surface area contributed by atoms with Gasteiger partial charge in [0, 0.05) is 5.69 Å². The van der Waals surface area contributed by atoms with E-state index in [0.717, 1.165) is 17.0 Å². The van der Waals surface area contributed by atoms with Crippen LogP contribution in [0, 0.1) is 6.92 Å². The Morgan fingerprint density at radius 1 is 1.28 bits per heavy atom. The Hall–Kier alpha value is -2.08. The molecule has 0 saturated heterocycles. The lowest BCUT2D eigenvalue weighted by Gasteiger charge is -2.09. The summed E-state index contributed by atoms with van der Waals surface area (Å²) < 4.78 is 5.13. The predicted molar refractivity (Wildman–Crippen MR) is 70.3 cm³/mol. The molecule has 0 bridgehead atoms. The minimum absolute atomic E-state index is 0.0520. The number of anilines is 3. The van der Waals surface area contributed by atoms with Gasteiger partial charge in [0.25, 0.3) is 0 Å². The SMILES string of the molecule is COc1ccc(Nc2nc(N)nc(Cl)n2)c(C)c1. The van der Waals surface area contributed by atoms with Crippen molar-refractivity contribution in [3.63, 3.8) is 0 Å². The quantitative estimate of drug-likeness (QED) is 0.885. The Bertz CT molecular complexity index is 555. The van der Waals surface area contributed by atoms with Crippen LogP contribution < -0.4 is 15.8 Å². The summed E-state index contributed by atoms with van der Waals surface area (Å²) in [6, 6.07) is 5.60. The molecule has 18 heavy (non-hydrogen) atoms.